The second-order valence-corrected chi connectivity index (χ2v) is 3.74. The molecular weight excluding hydrogens is 200 g/mol. The summed E-state index contributed by atoms with van der Waals surface area (Å²) in [5.41, 5.74) is 2.76. The van der Waals surface area contributed by atoms with Gasteiger partial charge in [0.1, 0.15) is 0 Å². The summed E-state index contributed by atoms with van der Waals surface area (Å²) in [6.45, 7) is 5.49. The van der Waals surface area contributed by atoms with Crippen molar-refractivity contribution in [2.45, 2.75) is 26.9 Å². The number of aliphatic hydroxyl groups excluding tert-OH is 1. The maximum absolute atomic E-state index is 9.28. The van der Waals surface area contributed by atoms with Crippen molar-refractivity contribution >= 4 is 5.69 Å². The average molecular weight is 218 g/mol. The fourth-order valence-corrected chi connectivity index (χ4v) is 1.65. The van der Waals surface area contributed by atoms with Crippen molar-refractivity contribution in [2.24, 2.45) is 0 Å². The topological polar surface area (TPSA) is 36.4 Å². The highest BCUT2D eigenvalue weighted by molar-refractivity contribution is 5.54. The molecule has 0 fully saturated rings. The molecule has 3 nitrogen and oxygen atoms in total. The molecule has 0 aliphatic rings. The minimum absolute atomic E-state index is 0.00655. The van der Waals surface area contributed by atoms with E-state index in [0.717, 1.165) is 29.9 Å². The second-order valence-electron chi connectivity index (χ2n) is 3.74. The second kappa shape index (κ2) is 6.14. The number of aryl methyl sites for hydroxylation is 1. The largest absolute Gasteiger partial charge is 0.392 e. The Bertz CT molecular complexity index is 382. The first-order valence-corrected chi connectivity index (χ1v) is 5.47. The Morgan fingerprint density at radius 1 is 1.56 bits per heavy atom. The normalized spacial score (nSPS) is 9.88. The lowest BCUT2D eigenvalue weighted by Gasteiger charge is -2.24. The number of nitrogens with zero attached hydrogens (tertiary/aromatic N) is 2. The van der Waals surface area contributed by atoms with Gasteiger partial charge in [-0.05, 0) is 19.4 Å². The lowest BCUT2D eigenvalue weighted by Crippen LogP contribution is -2.25. The first-order valence-electron chi connectivity index (χ1n) is 5.47. The quantitative estimate of drug-likeness (QED) is 0.765. The van der Waals surface area contributed by atoms with Crippen LogP contribution in [0.15, 0.2) is 12.3 Å². The van der Waals surface area contributed by atoms with Crippen LogP contribution in [-0.4, -0.2) is 23.2 Å². The van der Waals surface area contributed by atoms with Gasteiger partial charge in [0.15, 0.2) is 0 Å². The van der Waals surface area contributed by atoms with Gasteiger partial charge < -0.3 is 10.0 Å². The Labute approximate surface area is 97.1 Å². The Morgan fingerprint density at radius 2 is 2.31 bits per heavy atom. The Balaban J connectivity index is 3.06. The molecule has 1 heterocycles. The van der Waals surface area contributed by atoms with Crippen LogP contribution in [0.3, 0.4) is 0 Å². The summed E-state index contributed by atoms with van der Waals surface area (Å²) in [7, 11) is 0. The number of rotatable bonds is 5. The lowest BCUT2D eigenvalue weighted by atomic mass is 10.2. The molecule has 0 bridgehead atoms. The molecule has 3 heteroatoms. The van der Waals surface area contributed by atoms with Gasteiger partial charge in [-0.3, -0.25) is 4.98 Å². The molecular formula is C13H18N2O. The van der Waals surface area contributed by atoms with Crippen molar-refractivity contribution in [3.05, 3.63) is 23.5 Å². The van der Waals surface area contributed by atoms with Gasteiger partial charge in [0, 0.05) is 29.7 Å². The summed E-state index contributed by atoms with van der Waals surface area (Å²) in [4.78, 5) is 6.27. The van der Waals surface area contributed by atoms with Crippen molar-refractivity contribution < 1.29 is 5.11 Å². The smallest absolute Gasteiger partial charge is 0.0791 e. The minimum atomic E-state index is -0.00655. The van der Waals surface area contributed by atoms with E-state index in [9.17, 15) is 5.11 Å². The third-order valence-corrected chi connectivity index (χ3v) is 2.39. The van der Waals surface area contributed by atoms with Gasteiger partial charge in [-0.15, -0.1) is 6.42 Å². The van der Waals surface area contributed by atoms with Gasteiger partial charge in [0.05, 0.1) is 13.2 Å². The molecule has 0 saturated heterocycles. The fourth-order valence-electron chi connectivity index (χ4n) is 1.65. The standard InChI is InChI=1S/C13H18N2O/c1-4-6-15(7-5-2)13-8-11(3)14-9-12(13)10-16/h1,8-9,16H,5-7,10H2,2-3H3. The summed E-state index contributed by atoms with van der Waals surface area (Å²) >= 11 is 0. The molecule has 0 saturated carbocycles. The minimum Gasteiger partial charge on any atom is -0.392 e. The van der Waals surface area contributed by atoms with Gasteiger partial charge in [-0.1, -0.05) is 12.8 Å². The summed E-state index contributed by atoms with van der Waals surface area (Å²) in [5.74, 6) is 2.65. The zero-order valence-corrected chi connectivity index (χ0v) is 9.90. The van der Waals surface area contributed by atoms with Crippen LogP contribution in [0.4, 0.5) is 5.69 Å². The number of terminal acetylenes is 1. The van der Waals surface area contributed by atoms with Crippen LogP contribution in [-0.2, 0) is 6.61 Å². The number of hydrogen-bond donors (Lipinski definition) is 1. The Hall–Kier alpha value is -1.53. The van der Waals surface area contributed by atoms with Gasteiger partial charge in [0.2, 0.25) is 0 Å². The highest BCUT2D eigenvalue weighted by atomic mass is 16.3. The molecule has 1 aromatic rings. The van der Waals surface area contributed by atoms with E-state index >= 15 is 0 Å². The van der Waals surface area contributed by atoms with Crippen molar-refractivity contribution in [1.82, 2.24) is 4.98 Å². The van der Waals surface area contributed by atoms with Crippen LogP contribution >= 0.6 is 0 Å². The Kier molecular flexibility index (Phi) is 4.81. The zero-order chi connectivity index (χ0) is 12.0. The number of hydrogen-bond acceptors (Lipinski definition) is 3. The molecule has 16 heavy (non-hydrogen) atoms. The molecule has 0 aliphatic heterocycles. The summed E-state index contributed by atoms with van der Waals surface area (Å²) in [6, 6.07) is 1.97. The summed E-state index contributed by atoms with van der Waals surface area (Å²) in [6.07, 6.45) is 8.09. The highest BCUT2D eigenvalue weighted by Gasteiger charge is 2.10. The summed E-state index contributed by atoms with van der Waals surface area (Å²) in [5, 5.41) is 9.28. The van der Waals surface area contributed by atoms with Gasteiger partial charge in [0.25, 0.3) is 0 Å². The third-order valence-electron chi connectivity index (χ3n) is 2.39. The predicted octanol–water partition coefficient (Wildman–Crippen LogP) is 1.73. The molecule has 0 spiro atoms. The summed E-state index contributed by atoms with van der Waals surface area (Å²) < 4.78 is 0. The molecule has 1 N–H and O–H groups in total. The van der Waals surface area contributed by atoms with Gasteiger partial charge in [-0.25, -0.2) is 0 Å². The van der Waals surface area contributed by atoms with Gasteiger partial charge >= 0.3 is 0 Å². The maximum Gasteiger partial charge on any atom is 0.0791 e. The van der Waals surface area contributed by atoms with E-state index in [1.807, 2.05) is 13.0 Å². The van der Waals surface area contributed by atoms with Crippen molar-refractivity contribution in [3.63, 3.8) is 0 Å². The fraction of sp³-hybridized carbons (Fsp3) is 0.462. The first kappa shape index (κ1) is 12.5. The van der Waals surface area contributed by atoms with E-state index < -0.39 is 0 Å². The van der Waals surface area contributed by atoms with Crippen LogP contribution < -0.4 is 4.90 Å². The monoisotopic (exact) mass is 218 g/mol. The number of pyridine rings is 1. The van der Waals surface area contributed by atoms with E-state index in [1.165, 1.54) is 0 Å². The Morgan fingerprint density at radius 3 is 2.88 bits per heavy atom. The van der Waals surface area contributed by atoms with E-state index in [4.69, 9.17) is 6.42 Å². The third kappa shape index (κ3) is 2.98. The zero-order valence-electron chi connectivity index (χ0n) is 9.90. The molecule has 0 amide bonds. The molecule has 0 aromatic carbocycles. The van der Waals surface area contributed by atoms with Crippen molar-refractivity contribution in [3.8, 4) is 12.3 Å². The lowest BCUT2D eigenvalue weighted by molar-refractivity contribution is 0.281. The first-order chi connectivity index (χ1) is 7.72. The maximum atomic E-state index is 9.28. The van der Waals surface area contributed by atoms with Crippen molar-refractivity contribution in [2.75, 3.05) is 18.0 Å². The van der Waals surface area contributed by atoms with Crippen LogP contribution in [0.5, 0.6) is 0 Å². The molecule has 0 atom stereocenters. The van der Waals surface area contributed by atoms with Crippen molar-refractivity contribution in [1.29, 1.82) is 0 Å². The number of aromatic nitrogens is 1. The van der Waals surface area contributed by atoms with E-state index in [0.29, 0.717) is 6.54 Å². The van der Waals surface area contributed by atoms with Crippen LogP contribution in [0.25, 0.3) is 0 Å². The molecule has 0 radical (unpaired) electrons. The van der Waals surface area contributed by atoms with E-state index in [-0.39, 0.29) is 6.61 Å². The molecule has 1 aromatic heterocycles. The molecule has 86 valence electrons. The number of aliphatic hydroxyl groups is 1. The molecule has 0 unspecified atom stereocenters. The molecule has 0 aliphatic carbocycles. The predicted molar refractivity (Wildman–Crippen MR) is 66.2 cm³/mol. The molecule has 1 rings (SSSR count). The van der Waals surface area contributed by atoms with Gasteiger partial charge in [-0.2, -0.15) is 0 Å². The van der Waals surface area contributed by atoms with E-state index in [1.54, 1.807) is 6.20 Å². The SMILES string of the molecule is C#CCN(CCC)c1cc(C)ncc1CO. The van der Waals surface area contributed by atoms with Crippen LogP contribution in [0.2, 0.25) is 0 Å². The van der Waals surface area contributed by atoms with Crippen LogP contribution in [0.1, 0.15) is 24.6 Å². The van der Waals surface area contributed by atoms with E-state index in [2.05, 4.69) is 22.7 Å². The van der Waals surface area contributed by atoms with Crippen LogP contribution in [0, 0.1) is 19.3 Å². The average Bonchev–Trinajstić information content (AvgIpc) is 2.29. The number of anilines is 1. The highest BCUT2D eigenvalue weighted by Crippen LogP contribution is 2.21.